The number of hydrogen-bond donors (Lipinski definition) is 2. The number of nitrogens with one attached hydrogen (secondary N) is 1. The minimum atomic E-state index is -3.94. The molecule has 0 spiro atoms. The predicted molar refractivity (Wildman–Crippen MR) is 83.4 cm³/mol. The van der Waals surface area contributed by atoms with E-state index in [4.69, 9.17) is 9.56 Å². The Hall–Kier alpha value is -0.860. The van der Waals surface area contributed by atoms with Crippen LogP contribution in [-0.2, 0) is 10.0 Å². The number of carbonyl (C=O) groups excluding carboxylic acids is 1. The third kappa shape index (κ3) is 5.44. The van der Waals surface area contributed by atoms with Crippen LogP contribution in [0.1, 0.15) is 51.6 Å². The summed E-state index contributed by atoms with van der Waals surface area (Å²) in [6, 6.07) is 1.11. The van der Waals surface area contributed by atoms with Crippen molar-refractivity contribution in [3.05, 3.63) is 16.5 Å². The van der Waals surface area contributed by atoms with Gasteiger partial charge in [-0.15, -0.1) is 0 Å². The highest BCUT2D eigenvalue weighted by Gasteiger charge is 2.29. The quantitative estimate of drug-likeness (QED) is 0.837. The summed E-state index contributed by atoms with van der Waals surface area (Å²) in [6.07, 6.45) is 0.746. The van der Waals surface area contributed by atoms with Crippen LogP contribution < -0.4 is 10.5 Å². The van der Waals surface area contributed by atoms with E-state index in [2.05, 4.69) is 42.0 Å². The maximum absolute atomic E-state index is 12.2. The molecule has 0 aromatic carbocycles. The molecule has 0 saturated heterocycles. The van der Waals surface area contributed by atoms with Crippen molar-refractivity contribution in [3.63, 3.8) is 0 Å². The Balaban J connectivity index is 2.96. The molecular formula is C13H21BrN2O4S. The van der Waals surface area contributed by atoms with Crippen molar-refractivity contribution in [2.45, 2.75) is 51.5 Å². The molecule has 1 amide bonds. The minimum absolute atomic E-state index is 0.0340. The van der Waals surface area contributed by atoms with E-state index in [9.17, 15) is 13.2 Å². The zero-order valence-electron chi connectivity index (χ0n) is 12.8. The molecular weight excluding hydrogens is 360 g/mol. The number of amides is 1. The van der Waals surface area contributed by atoms with E-state index in [0.29, 0.717) is 0 Å². The molecule has 0 bridgehead atoms. The molecule has 0 aliphatic rings. The standard InChI is InChI=1S/C13H21BrN2O4S/c1-12(2,3)7-13(4,5)16-11(17)8-6-9(10(14)20-8)21(15,18)19/h6H,7H2,1-5H3,(H,16,17)(H2,15,18,19). The zero-order chi connectivity index (χ0) is 16.6. The molecule has 21 heavy (non-hydrogen) atoms. The lowest BCUT2D eigenvalue weighted by Crippen LogP contribution is -2.45. The summed E-state index contributed by atoms with van der Waals surface area (Å²) < 4.78 is 27.7. The molecule has 120 valence electrons. The number of furan rings is 1. The van der Waals surface area contributed by atoms with Gasteiger partial charge in [0, 0.05) is 11.6 Å². The Morgan fingerprint density at radius 3 is 2.24 bits per heavy atom. The molecule has 0 radical (unpaired) electrons. The fraction of sp³-hybridized carbons (Fsp3) is 0.615. The zero-order valence-corrected chi connectivity index (χ0v) is 15.2. The molecule has 0 fully saturated rings. The van der Waals surface area contributed by atoms with Crippen LogP contribution in [0.5, 0.6) is 0 Å². The number of primary sulfonamides is 1. The first-order valence-electron chi connectivity index (χ1n) is 6.36. The van der Waals surface area contributed by atoms with Crippen LogP contribution in [0.4, 0.5) is 0 Å². The van der Waals surface area contributed by atoms with Gasteiger partial charge in [-0.3, -0.25) is 4.79 Å². The third-order valence-corrected chi connectivity index (χ3v) is 4.38. The molecule has 8 heteroatoms. The average molecular weight is 381 g/mol. The monoisotopic (exact) mass is 380 g/mol. The van der Waals surface area contributed by atoms with E-state index in [1.165, 1.54) is 0 Å². The Morgan fingerprint density at radius 1 is 1.33 bits per heavy atom. The molecule has 0 atom stereocenters. The summed E-state index contributed by atoms with van der Waals surface area (Å²) in [5, 5.41) is 7.86. The molecule has 0 aliphatic carbocycles. The van der Waals surface area contributed by atoms with Gasteiger partial charge in [-0.1, -0.05) is 20.8 Å². The second-order valence-corrected chi connectivity index (χ2v) is 9.12. The number of carbonyl (C=O) groups is 1. The van der Waals surface area contributed by atoms with E-state index in [0.717, 1.165) is 12.5 Å². The number of nitrogens with two attached hydrogens (primary N) is 1. The van der Waals surface area contributed by atoms with Crippen molar-refractivity contribution in [2.24, 2.45) is 10.6 Å². The van der Waals surface area contributed by atoms with Gasteiger partial charge >= 0.3 is 0 Å². The predicted octanol–water partition coefficient (Wildman–Crippen LogP) is 2.63. The average Bonchev–Trinajstić information content (AvgIpc) is 2.54. The largest absolute Gasteiger partial charge is 0.443 e. The van der Waals surface area contributed by atoms with E-state index < -0.39 is 21.5 Å². The van der Waals surface area contributed by atoms with Gasteiger partial charge in [-0.05, 0) is 41.6 Å². The second-order valence-electron chi connectivity index (χ2n) is 6.87. The fourth-order valence-corrected chi connectivity index (χ4v) is 3.90. The van der Waals surface area contributed by atoms with Gasteiger partial charge in [0.1, 0.15) is 4.90 Å². The van der Waals surface area contributed by atoms with Gasteiger partial charge in [-0.2, -0.15) is 0 Å². The summed E-state index contributed by atoms with van der Waals surface area (Å²) in [5.74, 6) is -0.590. The number of rotatable bonds is 4. The summed E-state index contributed by atoms with van der Waals surface area (Å²) in [6.45, 7) is 10.0. The van der Waals surface area contributed by atoms with E-state index >= 15 is 0 Å². The van der Waals surface area contributed by atoms with Crippen molar-refractivity contribution in [3.8, 4) is 0 Å². The second kappa shape index (κ2) is 5.73. The van der Waals surface area contributed by atoms with E-state index in [1.807, 2.05) is 13.8 Å². The molecule has 1 rings (SSSR count). The van der Waals surface area contributed by atoms with E-state index in [1.54, 1.807) is 0 Å². The minimum Gasteiger partial charge on any atom is -0.443 e. The van der Waals surface area contributed by atoms with Crippen molar-refractivity contribution in [1.29, 1.82) is 0 Å². The Morgan fingerprint density at radius 2 is 1.86 bits per heavy atom. The van der Waals surface area contributed by atoms with Crippen molar-refractivity contribution < 1.29 is 17.6 Å². The molecule has 1 aromatic rings. The summed E-state index contributed by atoms with van der Waals surface area (Å²) in [4.78, 5) is 11.9. The molecule has 0 unspecified atom stereocenters. The van der Waals surface area contributed by atoms with Crippen LogP contribution >= 0.6 is 15.9 Å². The number of hydrogen-bond acceptors (Lipinski definition) is 4. The lowest BCUT2D eigenvalue weighted by molar-refractivity contribution is 0.0861. The normalized spacial score (nSPS) is 13.3. The number of sulfonamides is 1. The fourth-order valence-electron chi connectivity index (χ4n) is 2.40. The maximum Gasteiger partial charge on any atom is 0.287 e. The maximum atomic E-state index is 12.2. The van der Waals surface area contributed by atoms with Gasteiger partial charge in [0.2, 0.25) is 10.0 Å². The summed E-state index contributed by atoms with van der Waals surface area (Å²) in [5.41, 5.74) is -0.428. The molecule has 6 nitrogen and oxygen atoms in total. The highest BCUT2D eigenvalue weighted by atomic mass is 79.9. The van der Waals surface area contributed by atoms with Crippen LogP contribution in [0.15, 0.2) is 20.0 Å². The third-order valence-electron chi connectivity index (χ3n) is 2.61. The molecule has 3 N–H and O–H groups in total. The molecule has 1 heterocycles. The highest BCUT2D eigenvalue weighted by molar-refractivity contribution is 9.10. The first kappa shape index (κ1) is 18.2. The Bertz CT molecular complexity index is 642. The van der Waals surface area contributed by atoms with Gasteiger partial charge in [0.05, 0.1) is 0 Å². The van der Waals surface area contributed by atoms with Gasteiger partial charge in [0.25, 0.3) is 5.91 Å². The molecule has 0 saturated carbocycles. The molecule has 1 aromatic heterocycles. The first-order chi connectivity index (χ1) is 9.21. The smallest absolute Gasteiger partial charge is 0.287 e. The topological polar surface area (TPSA) is 102 Å². The van der Waals surface area contributed by atoms with Crippen LogP contribution in [0, 0.1) is 5.41 Å². The van der Waals surface area contributed by atoms with E-state index in [-0.39, 0.29) is 20.7 Å². The van der Waals surface area contributed by atoms with Crippen LogP contribution in [0.3, 0.4) is 0 Å². The van der Waals surface area contributed by atoms with Crippen LogP contribution in [-0.4, -0.2) is 19.9 Å². The number of halogens is 1. The summed E-state index contributed by atoms with van der Waals surface area (Å²) in [7, 11) is -3.94. The lowest BCUT2D eigenvalue weighted by atomic mass is 9.82. The van der Waals surface area contributed by atoms with Crippen LogP contribution in [0.25, 0.3) is 0 Å². The van der Waals surface area contributed by atoms with Crippen molar-refractivity contribution >= 4 is 31.9 Å². The Labute approximate surface area is 133 Å². The first-order valence-corrected chi connectivity index (χ1v) is 8.70. The van der Waals surface area contributed by atoms with Gasteiger partial charge < -0.3 is 9.73 Å². The van der Waals surface area contributed by atoms with Crippen molar-refractivity contribution in [2.75, 3.05) is 0 Å². The lowest BCUT2D eigenvalue weighted by Gasteiger charge is -2.33. The van der Waals surface area contributed by atoms with Gasteiger partial charge in [-0.25, -0.2) is 13.6 Å². The molecule has 0 aliphatic heterocycles. The van der Waals surface area contributed by atoms with Crippen molar-refractivity contribution in [1.82, 2.24) is 5.32 Å². The Kier molecular flexibility index (Phi) is 4.97. The van der Waals surface area contributed by atoms with Gasteiger partial charge in [0.15, 0.2) is 10.4 Å². The highest BCUT2D eigenvalue weighted by Crippen LogP contribution is 2.28. The SMILES string of the molecule is CC(C)(C)CC(C)(C)NC(=O)c1cc(S(N)(=O)=O)c(Br)o1. The van der Waals surface area contributed by atoms with Crippen LogP contribution in [0.2, 0.25) is 0 Å². The summed E-state index contributed by atoms with van der Waals surface area (Å²) >= 11 is 2.94.